The van der Waals surface area contributed by atoms with Gasteiger partial charge < -0.3 is 0 Å². The van der Waals surface area contributed by atoms with E-state index in [-0.39, 0.29) is 10.6 Å². The maximum Gasteiger partial charge on any atom is 0.242 e. The van der Waals surface area contributed by atoms with Gasteiger partial charge >= 0.3 is 0 Å². The van der Waals surface area contributed by atoms with Gasteiger partial charge in [0, 0.05) is 20.6 Å². The first kappa shape index (κ1) is 20.1. The van der Waals surface area contributed by atoms with Crippen molar-refractivity contribution in [2.24, 2.45) is 0 Å². The zero-order chi connectivity index (χ0) is 17.5. The van der Waals surface area contributed by atoms with E-state index in [1.165, 1.54) is 26.2 Å². The van der Waals surface area contributed by atoms with Crippen molar-refractivity contribution in [3.8, 4) is 0 Å². The number of hydrogen-bond donors (Lipinski definition) is 1. The number of sulfonamides is 2. The van der Waals surface area contributed by atoms with Crippen LogP contribution in [0.4, 0.5) is 0 Å². The van der Waals surface area contributed by atoms with E-state index in [9.17, 15) is 16.8 Å². The zero-order valence-electron chi connectivity index (χ0n) is 13.9. The fourth-order valence-electron chi connectivity index (χ4n) is 1.97. The number of hydrogen-bond acceptors (Lipinski definition) is 4. The first-order chi connectivity index (χ1) is 10.7. The molecule has 0 saturated carbocycles. The summed E-state index contributed by atoms with van der Waals surface area (Å²) in [6.45, 7) is 2.53. The Balaban J connectivity index is 2.59. The van der Waals surface area contributed by atoms with Gasteiger partial charge in [-0.1, -0.05) is 31.9 Å². The van der Waals surface area contributed by atoms with Crippen molar-refractivity contribution in [1.82, 2.24) is 9.03 Å². The first-order valence-electron chi connectivity index (χ1n) is 7.68. The molecule has 0 aliphatic heterocycles. The highest BCUT2D eigenvalue weighted by Crippen LogP contribution is 2.14. The molecule has 0 aromatic heterocycles. The lowest BCUT2D eigenvalue weighted by molar-refractivity contribution is 0.520. The van der Waals surface area contributed by atoms with Crippen LogP contribution in [0.5, 0.6) is 0 Å². The van der Waals surface area contributed by atoms with E-state index in [1.807, 2.05) is 0 Å². The van der Waals surface area contributed by atoms with Crippen LogP contribution in [0.1, 0.15) is 31.7 Å². The van der Waals surface area contributed by atoms with Gasteiger partial charge in [0.1, 0.15) is 0 Å². The Morgan fingerprint density at radius 3 is 2.13 bits per heavy atom. The Labute approximate surface area is 140 Å². The van der Waals surface area contributed by atoms with Gasteiger partial charge in [-0.15, -0.1) is 0 Å². The van der Waals surface area contributed by atoms with Crippen LogP contribution in [-0.4, -0.2) is 47.5 Å². The summed E-state index contributed by atoms with van der Waals surface area (Å²) in [5.74, 6) is -0.00109. The average molecular weight is 363 g/mol. The average Bonchev–Trinajstić information content (AvgIpc) is 2.50. The van der Waals surface area contributed by atoms with Gasteiger partial charge in [0.05, 0.1) is 10.6 Å². The predicted octanol–water partition coefficient (Wildman–Crippen LogP) is 1.59. The van der Waals surface area contributed by atoms with E-state index in [0.29, 0.717) is 13.0 Å². The molecule has 132 valence electrons. The van der Waals surface area contributed by atoms with Gasteiger partial charge in [0.2, 0.25) is 20.0 Å². The Kier molecular flexibility index (Phi) is 7.66. The molecule has 1 aromatic rings. The highest BCUT2D eigenvalue weighted by molar-refractivity contribution is 7.89. The molecule has 1 N–H and O–H groups in total. The van der Waals surface area contributed by atoms with E-state index in [4.69, 9.17) is 0 Å². The van der Waals surface area contributed by atoms with Crippen molar-refractivity contribution in [1.29, 1.82) is 0 Å². The SMILES string of the molecule is CCCCCNS(=O)(=O)CCc1ccc(S(=O)(=O)N(C)C)cc1. The van der Waals surface area contributed by atoms with Crippen LogP contribution in [-0.2, 0) is 26.5 Å². The van der Waals surface area contributed by atoms with Crippen LogP contribution in [0, 0.1) is 0 Å². The molecule has 0 aliphatic rings. The second kappa shape index (κ2) is 8.77. The van der Waals surface area contributed by atoms with Crippen LogP contribution in [0.25, 0.3) is 0 Å². The van der Waals surface area contributed by atoms with E-state index < -0.39 is 20.0 Å². The summed E-state index contributed by atoms with van der Waals surface area (Å²) in [5, 5.41) is 0. The quantitative estimate of drug-likeness (QED) is 0.641. The summed E-state index contributed by atoms with van der Waals surface area (Å²) < 4.78 is 51.4. The highest BCUT2D eigenvalue weighted by Gasteiger charge is 2.17. The molecule has 6 nitrogen and oxygen atoms in total. The Morgan fingerprint density at radius 1 is 1.00 bits per heavy atom. The largest absolute Gasteiger partial charge is 0.242 e. The lowest BCUT2D eigenvalue weighted by atomic mass is 10.2. The molecule has 0 spiro atoms. The summed E-state index contributed by atoms with van der Waals surface area (Å²) in [4.78, 5) is 0.201. The van der Waals surface area contributed by atoms with Crippen LogP contribution in [0.15, 0.2) is 29.2 Å². The summed E-state index contributed by atoms with van der Waals surface area (Å²) in [7, 11) is -3.80. The third-order valence-corrected chi connectivity index (χ3v) is 6.68. The van der Waals surface area contributed by atoms with Gasteiger partial charge in [0.25, 0.3) is 0 Å². The van der Waals surface area contributed by atoms with Crippen molar-refractivity contribution in [2.75, 3.05) is 26.4 Å². The highest BCUT2D eigenvalue weighted by atomic mass is 32.2. The molecule has 8 heteroatoms. The topological polar surface area (TPSA) is 83.5 Å². The molecule has 0 heterocycles. The number of nitrogens with zero attached hydrogens (tertiary/aromatic N) is 1. The molecule has 0 aliphatic carbocycles. The summed E-state index contributed by atoms with van der Waals surface area (Å²) in [6, 6.07) is 6.32. The number of unbranched alkanes of at least 4 members (excludes halogenated alkanes) is 2. The minimum absolute atomic E-state index is 0.00109. The second-order valence-corrected chi connectivity index (χ2v) is 9.68. The maximum atomic E-state index is 12.0. The number of aryl methyl sites for hydroxylation is 1. The van der Waals surface area contributed by atoms with Crippen molar-refractivity contribution >= 4 is 20.0 Å². The summed E-state index contributed by atoms with van der Waals surface area (Å²) in [6.07, 6.45) is 3.24. The Morgan fingerprint density at radius 2 is 1.61 bits per heavy atom. The van der Waals surface area contributed by atoms with Crippen LogP contribution in [0.2, 0.25) is 0 Å². The molecule has 0 atom stereocenters. The van der Waals surface area contributed by atoms with E-state index in [0.717, 1.165) is 29.1 Å². The fraction of sp³-hybridized carbons (Fsp3) is 0.600. The summed E-state index contributed by atoms with van der Waals surface area (Å²) in [5.41, 5.74) is 0.793. The molecule has 0 radical (unpaired) electrons. The molecule has 1 aromatic carbocycles. The van der Waals surface area contributed by atoms with Crippen molar-refractivity contribution in [2.45, 2.75) is 37.5 Å². The Hall–Kier alpha value is -0.960. The number of rotatable bonds is 10. The minimum Gasteiger partial charge on any atom is -0.215 e. The molecule has 23 heavy (non-hydrogen) atoms. The van der Waals surface area contributed by atoms with Gasteiger partial charge in [-0.3, -0.25) is 0 Å². The molecule has 0 unspecified atom stereocenters. The first-order valence-corrected chi connectivity index (χ1v) is 10.8. The minimum atomic E-state index is -3.45. The van der Waals surface area contributed by atoms with E-state index in [1.54, 1.807) is 12.1 Å². The molecule has 0 saturated heterocycles. The number of nitrogens with one attached hydrogen (secondary N) is 1. The third kappa shape index (κ3) is 6.58. The standard InChI is InChI=1S/C15H26N2O4S2/c1-4-5-6-12-16-22(18,19)13-11-14-7-9-15(10-8-14)23(20,21)17(2)3/h7-10,16H,4-6,11-13H2,1-3H3. The lowest BCUT2D eigenvalue weighted by Gasteiger charge is -2.11. The van der Waals surface area contributed by atoms with Gasteiger partial charge in [-0.2, -0.15) is 0 Å². The van der Waals surface area contributed by atoms with E-state index >= 15 is 0 Å². The van der Waals surface area contributed by atoms with Crippen molar-refractivity contribution < 1.29 is 16.8 Å². The molecule has 0 fully saturated rings. The van der Waals surface area contributed by atoms with Crippen molar-refractivity contribution in [3.63, 3.8) is 0 Å². The molecular weight excluding hydrogens is 336 g/mol. The molecule has 0 bridgehead atoms. The smallest absolute Gasteiger partial charge is 0.215 e. The Bertz CT molecular complexity index is 681. The normalized spacial score (nSPS) is 12.7. The van der Waals surface area contributed by atoms with Gasteiger partial charge in [-0.05, 0) is 30.5 Å². The molecule has 1 rings (SSSR count). The van der Waals surface area contributed by atoms with E-state index in [2.05, 4.69) is 11.6 Å². The van der Waals surface area contributed by atoms with Crippen LogP contribution in [0.3, 0.4) is 0 Å². The van der Waals surface area contributed by atoms with Crippen LogP contribution >= 0.6 is 0 Å². The maximum absolute atomic E-state index is 12.0. The third-order valence-electron chi connectivity index (χ3n) is 3.46. The predicted molar refractivity (Wildman–Crippen MR) is 92.3 cm³/mol. The van der Waals surface area contributed by atoms with Crippen LogP contribution < -0.4 is 4.72 Å². The van der Waals surface area contributed by atoms with Gasteiger partial charge in [-0.25, -0.2) is 25.9 Å². The molecular formula is C15H26N2O4S2. The van der Waals surface area contributed by atoms with Gasteiger partial charge in [0.15, 0.2) is 0 Å². The van der Waals surface area contributed by atoms with Crippen molar-refractivity contribution in [3.05, 3.63) is 29.8 Å². The second-order valence-electron chi connectivity index (χ2n) is 5.60. The monoisotopic (exact) mass is 362 g/mol. The number of benzene rings is 1. The lowest BCUT2D eigenvalue weighted by Crippen LogP contribution is -2.28. The molecule has 0 amide bonds. The fourth-order valence-corrected chi connectivity index (χ4v) is 3.97. The summed E-state index contributed by atoms with van der Waals surface area (Å²) >= 11 is 0. The zero-order valence-corrected chi connectivity index (χ0v) is 15.6.